The summed E-state index contributed by atoms with van der Waals surface area (Å²) in [5.41, 5.74) is -0.238. The van der Waals surface area contributed by atoms with E-state index in [1.807, 2.05) is 0 Å². The van der Waals surface area contributed by atoms with E-state index in [2.05, 4.69) is 15.4 Å². The summed E-state index contributed by atoms with van der Waals surface area (Å²) in [5, 5.41) is 6.41. The molecule has 3 amide bonds. The van der Waals surface area contributed by atoms with Crippen LogP contribution >= 0.6 is 11.3 Å². The van der Waals surface area contributed by atoms with Crippen molar-refractivity contribution in [2.75, 3.05) is 4.72 Å². The van der Waals surface area contributed by atoms with Crippen molar-refractivity contribution in [3.05, 3.63) is 47.3 Å². The van der Waals surface area contributed by atoms with Gasteiger partial charge in [0.2, 0.25) is 0 Å². The molecule has 2 heterocycles. The molecule has 23 heavy (non-hydrogen) atoms. The van der Waals surface area contributed by atoms with Gasteiger partial charge in [-0.15, -0.1) is 11.3 Å². The maximum atomic E-state index is 12.1. The third-order valence-electron chi connectivity index (χ3n) is 3.52. The lowest BCUT2D eigenvalue weighted by Gasteiger charge is -2.21. The third kappa shape index (κ3) is 2.80. The minimum absolute atomic E-state index is 0.218. The second-order valence-corrected chi connectivity index (χ2v) is 8.01. The number of hydrogen-bond donors (Lipinski definition) is 3. The molecule has 3 N–H and O–H groups in total. The molecule has 1 unspecified atom stereocenters. The quantitative estimate of drug-likeness (QED) is 0.728. The number of nitrogens with one attached hydrogen (secondary N) is 3. The summed E-state index contributed by atoms with van der Waals surface area (Å²) in [6, 6.07) is 8.90. The van der Waals surface area contributed by atoms with Crippen LogP contribution in [-0.4, -0.2) is 20.4 Å². The van der Waals surface area contributed by atoms with E-state index >= 15 is 0 Å². The second-order valence-electron chi connectivity index (χ2n) is 5.15. The average Bonchev–Trinajstić information content (AvgIpc) is 3.09. The number of carbonyl (C=O) groups excluding carboxylic acids is 2. The molecule has 2 aromatic rings. The van der Waals surface area contributed by atoms with Crippen molar-refractivity contribution < 1.29 is 18.0 Å². The van der Waals surface area contributed by atoms with E-state index < -0.39 is 27.5 Å². The maximum absolute atomic E-state index is 12.1. The van der Waals surface area contributed by atoms with Crippen molar-refractivity contribution in [3.63, 3.8) is 0 Å². The van der Waals surface area contributed by atoms with E-state index in [4.69, 9.17) is 0 Å². The fraction of sp³-hybridized carbons (Fsp3) is 0.143. The van der Waals surface area contributed by atoms with E-state index in [1.54, 1.807) is 42.6 Å². The van der Waals surface area contributed by atoms with E-state index in [0.717, 1.165) is 11.3 Å². The zero-order valence-corrected chi connectivity index (χ0v) is 13.6. The predicted octanol–water partition coefficient (Wildman–Crippen LogP) is 1.60. The number of thiophene rings is 1. The molecule has 0 saturated carbocycles. The van der Waals surface area contributed by atoms with Gasteiger partial charge in [0.1, 0.15) is 9.75 Å². The number of hydrogen-bond acceptors (Lipinski definition) is 5. The lowest BCUT2D eigenvalue weighted by Crippen LogP contribution is -2.40. The Morgan fingerprint density at radius 3 is 2.35 bits per heavy atom. The maximum Gasteiger partial charge on any atom is 0.322 e. The van der Waals surface area contributed by atoms with Crippen LogP contribution in [0.2, 0.25) is 0 Å². The molecule has 9 heteroatoms. The molecule has 0 aliphatic carbocycles. The number of sulfonamides is 1. The first kappa shape index (κ1) is 15.5. The van der Waals surface area contributed by atoms with E-state index in [-0.39, 0.29) is 4.21 Å². The molecule has 120 valence electrons. The second kappa shape index (κ2) is 5.36. The Labute approximate surface area is 136 Å². The Hall–Kier alpha value is -2.39. The Kier molecular flexibility index (Phi) is 3.61. The monoisotopic (exact) mass is 351 g/mol. The Morgan fingerprint density at radius 1 is 1.13 bits per heavy atom. The van der Waals surface area contributed by atoms with Crippen molar-refractivity contribution in [3.8, 4) is 0 Å². The number of amides is 3. The molecule has 7 nitrogen and oxygen atoms in total. The van der Waals surface area contributed by atoms with E-state index in [9.17, 15) is 18.0 Å². The number of urea groups is 1. The molecule has 3 rings (SSSR count). The molecule has 0 spiro atoms. The fourth-order valence-electron chi connectivity index (χ4n) is 2.24. The van der Waals surface area contributed by atoms with Gasteiger partial charge >= 0.3 is 6.03 Å². The van der Waals surface area contributed by atoms with Gasteiger partial charge in [-0.3, -0.25) is 14.8 Å². The molecule has 1 aromatic carbocycles. The van der Waals surface area contributed by atoms with Crippen LogP contribution in [0.5, 0.6) is 0 Å². The summed E-state index contributed by atoms with van der Waals surface area (Å²) < 4.78 is 27.0. The Bertz CT molecular complexity index is 860. The summed E-state index contributed by atoms with van der Waals surface area (Å²) in [6.07, 6.45) is 0. The van der Waals surface area contributed by atoms with Crippen LogP contribution in [0.15, 0.2) is 46.0 Å². The molecule has 1 atom stereocenters. The predicted molar refractivity (Wildman–Crippen MR) is 85.6 cm³/mol. The van der Waals surface area contributed by atoms with Gasteiger partial charge in [0.05, 0.1) is 0 Å². The van der Waals surface area contributed by atoms with Crippen LogP contribution in [0.3, 0.4) is 0 Å². The molecule has 1 aliphatic rings. The minimum atomic E-state index is -3.62. The molecule has 0 radical (unpaired) electrons. The summed E-state index contributed by atoms with van der Waals surface area (Å²) in [5.74, 6) is -0.450. The zero-order valence-electron chi connectivity index (χ0n) is 12.0. The van der Waals surface area contributed by atoms with Gasteiger partial charge in [-0.1, -0.05) is 18.2 Å². The van der Waals surface area contributed by atoms with Crippen molar-refractivity contribution >= 4 is 39.0 Å². The van der Waals surface area contributed by atoms with Crippen molar-refractivity contribution in [1.82, 2.24) is 10.6 Å². The van der Waals surface area contributed by atoms with Gasteiger partial charge in [0.15, 0.2) is 0 Å². The number of carbonyl (C=O) groups is 2. The lowest BCUT2D eigenvalue weighted by atomic mass is 9.92. The minimum Gasteiger partial charge on any atom is -0.320 e. The van der Waals surface area contributed by atoms with Crippen LogP contribution in [0, 0.1) is 0 Å². The van der Waals surface area contributed by atoms with Crippen molar-refractivity contribution in [1.29, 1.82) is 0 Å². The van der Waals surface area contributed by atoms with Gasteiger partial charge in [0.25, 0.3) is 15.9 Å². The SMILES string of the molecule is CC1(c2ccc(NS(=O)(=O)c3cccs3)cc2)NC(=O)NC1=O. The first-order chi connectivity index (χ1) is 10.8. The van der Waals surface area contributed by atoms with Gasteiger partial charge in [-0.25, -0.2) is 13.2 Å². The van der Waals surface area contributed by atoms with Crippen LogP contribution in [0.4, 0.5) is 10.5 Å². The molecule has 1 fully saturated rings. The average molecular weight is 351 g/mol. The zero-order chi connectivity index (χ0) is 16.7. The standard InChI is InChI=1S/C14H13N3O4S2/c1-14(12(18)15-13(19)16-14)9-4-6-10(7-5-9)17-23(20,21)11-3-2-8-22-11/h2-8,17H,1H3,(H2,15,16,18,19). The van der Waals surface area contributed by atoms with Gasteiger partial charge < -0.3 is 5.32 Å². The van der Waals surface area contributed by atoms with Gasteiger partial charge in [0, 0.05) is 5.69 Å². The molecule has 0 bridgehead atoms. The fourth-order valence-corrected chi connectivity index (χ4v) is 4.29. The Balaban J connectivity index is 1.83. The highest BCUT2D eigenvalue weighted by molar-refractivity contribution is 7.94. The summed E-state index contributed by atoms with van der Waals surface area (Å²) >= 11 is 1.12. The van der Waals surface area contributed by atoms with Crippen LogP contribution in [0.1, 0.15) is 12.5 Å². The first-order valence-electron chi connectivity index (χ1n) is 6.62. The number of anilines is 1. The van der Waals surface area contributed by atoms with Gasteiger partial charge in [-0.2, -0.15) is 0 Å². The van der Waals surface area contributed by atoms with E-state index in [1.165, 1.54) is 6.07 Å². The van der Waals surface area contributed by atoms with Crippen molar-refractivity contribution in [2.45, 2.75) is 16.7 Å². The van der Waals surface area contributed by atoms with Gasteiger partial charge in [-0.05, 0) is 36.1 Å². The molecule has 1 aliphatic heterocycles. The summed E-state index contributed by atoms with van der Waals surface area (Å²) in [4.78, 5) is 23.2. The highest BCUT2D eigenvalue weighted by Crippen LogP contribution is 2.26. The van der Waals surface area contributed by atoms with E-state index in [0.29, 0.717) is 11.3 Å². The lowest BCUT2D eigenvalue weighted by molar-refractivity contribution is -0.123. The molecular weight excluding hydrogens is 338 g/mol. The van der Waals surface area contributed by atoms with Crippen LogP contribution in [-0.2, 0) is 20.4 Å². The molecule has 1 aromatic heterocycles. The third-order valence-corrected chi connectivity index (χ3v) is 6.30. The largest absolute Gasteiger partial charge is 0.322 e. The Morgan fingerprint density at radius 2 is 1.83 bits per heavy atom. The number of benzene rings is 1. The molecule has 1 saturated heterocycles. The van der Waals surface area contributed by atoms with Crippen LogP contribution < -0.4 is 15.4 Å². The summed E-state index contributed by atoms with van der Waals surface area (Å²) in [6.45, 7) is 1.58. The molecular formula is C14H13N3O4S2. The summed E-state index contributed by atoms with van der Waals surface area (Å²) in [7, 11) is -3.62. The first-order valence-corrected chi connectivity index (χ1v) is 8.98. The van der Waals surface area contributed by atoms with Crippen LogP contribution in [0.25, 0.3) is 0 Å². The highest BCUT2D eigenvalue weighted by atomic mass is 32.2. The van der Waals surface area contributed by atoms with Crippen molar-refractivity contribution in [2.24, 2.45) is 0 Å². The smallest absolute Gasteiger partial charge is 0.320 e. The number of imide groups is 1. The highest BCUT2D eigenvalue weighted by Gasteiger charge is 2.43. The topological polar surface area (TPSA) is 104 Å². The number of rotatable bonds is 4. The normalized spacial score (nSPS) is 20.9.